The Hall–Kier alpha value is -1.77. The molecule has 0 unspecified atom stereocenters. The number of rotatable bonds is 1. The number of hydrogen-bond donors (Lipinski definition) is 1. The fraction of sp³-hybridized carbons (Fsp3) is 0.308. The fourth-order valence-corrected chi connectivity index (χ4v) is 2.34. The number of benzene rings is 1. The van der Waals surface area contributed by atoms with Gasteiger partial charge in [0.2, 0.25) is 0 Å². The lowest BCUT2D eigenvalue weighted by molar-refractivity contribution is 0.756. The molecule has 0 spiro atoms. The van der Waals surface area contributed by atoms with E-state index in [2.05, 4.69) is 41.7 Å². The van der Waals surface area contributed by atoms with Crippen LogP contribution >= 0.6 is 0 Å². The third-order valence-electron chi connectivity index (χ3n) is 3.14. The van der Waals surface area contributed by atoms with Crippen LogP contribution in [0.4, 0.5) is 5.69 Å². The van der Waals surface area contributed by atoms with Crippen LogP contribution in [0.2, 0.25) is 0 Å². The van der Waals surface area contributed by atoms with Crippen LogP contribution in [0.5, 0.6) is 0 Å². The molecule has 0 aliphatic carbocycles. The summed E-state index contributed by atoms with van der Waals surface area (Å²) in [5.74, 6) is 0. The Balaban J connectivity index is 2.10. The van der Waals surface area contributed by atoms with E-state index in [1.807, 2.05) is 11.7 Å². The van der Waals surface area contributed by atoms with E-state index in [4.69, 9.17) is 0 Å². The van der Waals surface area contributed by atoms with Crippen molar-refractivity contribution in [3.05, 3.63) is 35.7 Å². The van der Waals surface area contributed by atoms with Crippen LogP contribution in [0, 0.1) is 6.92 Å². The molecule has 0 fully saturated rings. The number of aryl methyl sites for hydroxylation is 2. The van der Waals surface area contributed by atoms with E-state index in [0.717, 1.165) is 18.7 Å². The summed E-state index contributed by atoms with van der Waals surface area (Å²) in [5, 5.41) is 7.79. The van der Waals surface area contributed by atoms with E-state index in [0.29, 0.717) is 0 Å². The molecule has 3 nitrogen and oxygen atoms in total. The lowest BCUT2D eigenvalue weighted by atomic mass is 10.0. The zero-order valence-corrected chi connectivity index (χ0v) is 9.62. The standard InChI is InChI=1S/C13H15N3/c1-9-12(8-16(2)15-9)11-4-3-10-5-6-14-13(10)7-11/h3-4,7-8,14H,5-6H2,1-2H3. The average Bonchev–Trinajstić information content (AvgIpc) is 2.83. The zero-order valence-electron chi connectivity index (χ0n) is 9.62. The molecular weight excluding hydrogens is 198 g/mol. The molecule has 1 aliphatic heterocycles. The summed E-state index contributed by atoms with van der Waals surface area (Å²) in [6, 6.07) is 6.64. The monoisotopic (exact) mass is 213 g/mol. The van der Waals surface area contributed by atoms with Crippen LogP contribution in [0.15, 0.2) is 24.4 Å². The molecule has 2 aromatic rings. The quantitative estimate of drug-likeness (QED) is 0.788. The van der Waals surface area contributed by atoms with Crippen molar-refractivity contribution in [2.24, 2.45) is 7.05 Å². The number of hydrogen-bond acceptors (Lipinski definition) is 2. The largest absolute Gasteiger partial charge is 0.384 e. The Kier molecular flexibility index (Phi) is 1.99. The molecular formula is C13H15N3. The van der Waals surface area contributed by atoms with Crippen molar-refractivity contribution in [1.82, 2.24) is 9.78 Å². The first-order chi connectivity index (χ1) is 7.74. The Morgan fingerprint density at radius 1 is 1.38 bits per heavy atom. The summed E-state index contributed by atoms with van der Waals surface area (Å²) in [5.41, 5.74) is 6.25. The second kappa shape index (κ2) is 3.37. The number of anilines is 1. The van der Waals surface area contributed by atoms with Gasteiger partial charge in [0.15, 0.2) is 0 Å². The van der Waals surface area contributed by atoms with Gasteiger partial charge in [-0.15, -0.1) is 0 Å². The fourth-order valence-electron chi connectivity index (χ4n) is 2.34. The third-order valence-corrected chi connectivity index (χ3v) is 3.14. The van der Waals surface area contributed by atoms with Gasteiger partial charge in [0.1, 0.15) is 0 Å². The maximum absolute atomic E-state index is 4.38. The van der Waals surface area contributed by atoms with E-state index >= 15 is 0 Å². The summed E-state index contributed by atoms with van der Waals surface area (Å²) in [4.78, 5) is 0. The highest BCUT2D eigenvalue weighted by atomic mass is 15.2. The van der Waals surface area contributed by atoms with Crippen LogP contribution in [0.3, 0.4) is 0 Å². The van der Waals surface area contributed by atoms with Crippen LogP contribution in [0.25, 0.3) is 11.1 Å². The molecule has 82 valence electrons. The van der Waals surface area contributed by atoms with Crippen molar-refractivity contribution in [3.8, 4) is 11.1 Å². The van der Waals surface area contributed by atoms with Gasteiger partial charge < -0.3 is 5.32 Å². The summed E-state index contributed by atoms with van der Waals surface area (Å²) in [6.07, 6.45) is 3.22. The highest BCUT2D eigenvalue weighted by Crippen LogP contribution is 2.29. The Morgan fingerprint density at radius 2 is 2.25 bits per heavy atom. The van der Waals surface area contributed by atoms with E-state index < -0.39 is 0 Å². The number of nitrogens with zero attached hydrogens (tertiary/aromatic N) is 2. The first-order valence-corrected chi connectivity index (χ1v) is 5.61. The van der Waals surface area contributed by atoms with Gasteiger partial charge in [-0.1, -0.05) is 12.1 Å². The Labute approximate surface area is 95.1 Å². The van der Waals surface area contributed by atoms with Crippen molar-refractivity contribution in [1.29, 1.82) is 0 Å². The molecule has 0 bridgehead atoms. The van der Waals surface area contributed by atoms with Gasteiger partial charge in [-0.2, -0.15) is 5.10 Å². The highest BCUT2D eigenvalue weighted by Gasteiger charge is 2.12. The zero-order chi connectivity index (χ0) is 11.1. The number of nitrogens with one attached hydrogen (secondary N) is 1. The molecule has 0 amide bonds. The van der Waals surface area contributed by atoms with Crippen molar-refractivity contribution in [3.63, 3.8) is 0 Å². The minimum atomic E-state index is 1.06. The molecule has 1 aromatic heterocycles. The van der Waals surface area contributed by atoms with Gasteiger partial charge in [0.05, 0.1) is 5.69 Å². The van der Waals surface area contributed by atoms with E-state index in [1.165, 1.54) is 22.4 Å². The first kappa shape index (κ1) is 9.46. The SMILES string of the molecule is Cc1nn(C)cc1-c1ccc2c(c1)NCC2. The predicted molar refractivity (Wildman–Crippen MR) is 65.6 cm³/mol. The topological polar surface area (TPSA) is 29.9 Å². The minimum Gasteiger partial charge on any atom is -0.384 e. The summed E-state index contributed by atoms with van der Waals surface area (Å²) < 4.78 is 1.87. The van der Waals surface area contributed by atoms with Crippen LogP contribution in [-0.4, -0.2) is 16.3 Å². The Bertz CT molecular complexity index is 540. The second-order valence-corrected chi connectivity index (χ2v) is 4.35. The van der Waals surface area contributed by atoms with Gasteiger partial charge >= 0.3 is 0 Å². The van der Waals surface area contributed by atoms with Gasteiger partial charge in [-0.3, -0.25) is 4.68 Å². The van der Waals surface area contributed by atoms with E-state index in [-0.39, 0.29) is 0 Å². The lowest BCUT2D eigenvalue weighted by Gasteiger charge is -2.03. The molecule has 0 atom stereocenters. The molecule has 16 heavy (non-hydrogen) atoms. The second-order valence-electron chi connectivity index (χ2n) is 4.35. The average molecular weight is 213 g/mol. The molecule has 1 N–H and O–H groups in total. The first-order valence-electron chi connectivity index (χ1n) is 5.61. The van der Waals surface area contributed by atoms with Crippen molar-refractivity contribution in [2.45, 2.75) is 13.3 Å². The highest BCUT2D eigenvalue weighted by molar-refractivity contribution is 5.72. The van der Waals surface area contributed by atoms with E-state index in [1.54, 1.807) is 0 Å². The third kappa shape index (κ3) is 1.40. The molecule has 1 aliphatic rings. The lowest BCUT2D eigenvalue weighted by Crippen LogP contribution is -1.91. The van der Waals surface area contributed by atoms with Crippen molar-refractivity contribution < 1.29 is 0 Å². The summed E-state index contributed by atoms with van der Waals surface area (Å²) >= 11 is 0. The minimum absolute atomic E-state index is 1.06. The van der Waals surface area contributed by atoms with E-state index in [9.17, 15) is 0 Å². The molecule has 2 heterocycles. The molecule has 3 rings (SSSR count). The van der Waals surface area contributed by atoms with Crippen molar-refractivity contribution in [2.75, 3.05) is 11.9 Å². The van der Waals surface area contributed by atoms with Crippen LogP contribution in [0.1, 0.15) is 11.3 Å². The number of fused-ring (bicyclic) bond motifs is 1. The molecule has 1 aromatic carbocycles. The van der Waals surface area contributed by atoms with Gasteiger partial charge in [0, 0.05) is 31.0 Å². The molecule has 3 heteroatoms. The summed E-state index contributed by atoms with van der Waals surface area (Å²) in [7, 11) is 1.96. The van der Waals surface area contributed by atoms with Crippen molar-refractivity contribution >= 4 is 5.69 Å². The normalized spacial score (nSPS) is 13.6. The van der Waals surface area contributed by atoms with Crippen LogP contribution < -0.4 is 5.32 Å². The predicted octanol–water partition coefficient (Wildman–Crippen LogP) is 2.36. The van der Waals surface area contributed by atoms with Crippen LogP contribution in [-0.2, 0) is 13.5 Å². The smallest absolute Gasteiger partial charge is 0.0671 e. The molecule has 0 saturated carbocycles. The van der Waals surface area contributed by atoms with Gasteiger partial charge in [-0.25, -0.2) is 0 Å². The van der Waals surface area contributed by atoms with Gasteiger partial charge in [0.25, 0.3) is 0 Å². The maximum atomic E-state index is 4.38. The number of aromatic nitrogens is 2. The molecule has 0 radical (unpaired) electrons. The summed E-state index contributed by atoms with van der Waals surface area (Å²) in [6.45, 7) is 3.11. The molecule has 0 saturated heterocycles. The van der Waals surface area contributed by atoms with Gasteiger partial charge in [-0.05, 0) is 30.5 Å². The Morgan fingerprint density at radius 3 is 3.00 bits per heavy atom. The maximum Gasteiger partial charge on any atom is 0.0671 e.